The highest BCUT2D eigenvalue weighted by atomic mass is 16.7. The highest BCUT2D eigenvalue weighted by Gasteiger charge is 2.12. The van der Waals surface area contributed by atoms with Crippen molar-refractivity contribution in [1.82, 2.24) is 0 Å². The molecule has 2 aromatic carbocycles. The molecule has 0 aliphatic rings. The van der Waals surface area contributed by atoms with Crippen LogP contribution in [0.2, 0.25) is 0 Å². The molecule has 0 saturated carbocycles. The molecule has 0 saturated heterocycles. The SMILES string of the molecule is CCC(=O)c1ccccc1CC(CC)=NOC(=O)c1ccccc1. The number of oxime groups is 1. The fourth-order valence-corrected chi connectivity index (χ4v) is 2.31. The first kappa shape index (κ1) is 17.6. The molecule has 0 N–H and O–H groups in total. The minimum absolute atomic E-state index is 0.0994. The van der Waals surface area contributed by atoms with Crippen LogP contribution in [0.3, 0.4) is 0 Å². The van der Waals surface area contributed by atoms with Crippen LogP contribution in [0.4, 0.5) is 0 Å². The zero-order valence-corrected chi connectivity index (χ0v) is 14.0. The molecule has 4 nitrogen and oxygen atoms in total. The van der Waals surface area contributed by atoms with Gasteiger partial charge in [-0.05, 0) is 24.1 Å². The van der Waals surface area contributed by atoms with Gasteiger partial charge in [0.1, 0.15) is 0 Å². The maximum absolute atomic E-state index is 12.0. The zero-order valence-electron chi connectivity index (χ0n) is 14.0. The van der Waals surface area contributed by atoms with Gasteiger partial charge < -0.3 is 4.84 Å². The topological polar surface area (TPSA) is 55.7 Å². The summed E-state index contributed by atoms with van der Waals surface area (Å²) in [7, 11) is 0. The van der Waals surface area contributed by atoms with E-state index in [1.54, 1.807) is 24.3 Å². The molecule has 4 heteroatoms. The quantitative estimate of drug-likeness (QED) is 0.327. The summed E-state index contributed by atoms with van der Waals surface area (Å²) < 4.78 is 0. The summed E-state index contributed by atoms with van der Waals surface area (Å²) >= 11 is 0. The lowest BCUT2D eigenvalue weighted by Crippen LogP contribution is -2.10. The Morgan fingerprint density at radius 3 is 2.25 bits per heavy atom. The first-order valence-electron chi connectivity index (χ1n) is 8.09. The summed E-state index contributed by atoms with van der Waals surface area (Å²) in [5, 5.41) is 4.00. The number of hydrogen-bond donors (Lipinski definition) is 0. The molecule has 0 aliphatic heterocycles. The molecular weight excluding hydrogens is 302 g/mol. The van der Waals surface area contributed by atoms with Crippen molar-refractivity contribution in [3.63, 3.8) is 0 Å². The van der Waals surface area contributed by atoms with Crippen molar-refractivity contribution < 1.29 is 14.4 Å². The van der Waals surface area contributed by atoms with Crippen LogP contribution in [0.25, 0.3) is 0 Å². The minimum atomic E-state index is -0.487. The number of hydrogen-bond acceptors (Lipinski definition) is 4. The van der Waals surface area contributed by atoms with E-state index < -0.39 is 5.97 Å². The third-order valence-electron chi connectivity index (χ3n) is 3.71. The first-order chi connectivity index (χ1) is 11.7. The van der Waals surface area contributed by atoms with Gasteiger partial charge in [0.15, 0.2) is 5.78 Å². The fraction of sp³-hybridized carbons (Fsp3) is 0.250. The highest BCUT2D eigenvalue weighted by Crippen LogP contribution is 2.14. The second kappa shape index (κ2) is 8.77. The fourth-order valence-electron chi connectivity index (χ4n) is 2.31. The molecule has 0 heterocycles. The van der Waals surface area contributed by atoms with Gasteiger partial charge in [0.25, 0.3) is 0 Å². The van der Waals surface area contributed by atoms with E-state index in [1.807, 2.05) is 44.2 Å². The van der Waals surface area contributed by atoms with Gasteiger partial charge >= 0.3 is 5.97 Å². The van der Waals surface area contributed by atoms with E-state index in [0.717, 1.165) is 11.3 Å². The molecule has 124 valence electrons. The van der Waals surface area contributed by atoms with Gasteiger partial charge in [0.05, 0.1) is 11.3 Å². The van der Waals surface area contributed by atoms with Crippen molar-refractivity contribution in [2.24, 2.45) is 5.16 Å². The van der Waals surface area contributed by atoms with E-state index in [9.17, 15) is 9.59 Å². The lowest BCUT2D eigenvalue weighted by molar-refractivity contribution is 0.0514. The standard InChI is InChI=1S/C20H21NO3/c1-3-17(21-24-20(23)15-10-6-5-7-11-15)14-16-12-8-9-13-18(16)19(22)4-2/h5-13H,3-4,14H2,1-2H3. The molecule has 0 aliphatic carbocycles. The third-order valence-corrected chi connectivity index (χ3v) is 3.71. The molecule has 0 bridgehead atoms. The molecule has 0 aromatic heterocycles. The van der Waals surface area contributed by atoms with Gasteiger partial charge in [-0.1, -0.05) is 61.5 Å². The van der Waals surface area contributed by atoms with Crippen molar-refractivity contribution in [1.29, 1.82) is 0 Å². The average molecular weight is 323 g/mol. The van der Waals surface area contributed by atoms with E-state index in [4.69, 9.17) is 4.84 Å². The van der Waals surface area contributed by atoms with Gasteiger partial charge in [0, 0.05) is 18.4 Å². The van der Waals surface area contributed by atoms with Crippen molar-refractivity contribution in [2.45, 2.75) is 33.1 Å². The Bertz CT molecular complexity index is 736. The predicted octanol–water partition coefficient (Wildman–Crippen LogP) is 4.44. The third kappa shape index (κ3) is 4.62. The lowest BCUT2D eigenvalue weighted by Gasteiger charge is -2.09. The Hall–Kier alpha value is -2.75. The zero-order chi connectivity index (χ0) is 17.4. The van der Waals surface area contributed by atoms with E-state index in [-0.39, 0.29) is 5.78 Å². The number of ketones is 1. The van der Waals surface area contributed by atoms with E-state index in [2.05, 4.69) is 5.16 Å². The normalized spacial score (nSPS) is 11.2. The first-order valence-corrected chi connectivity index (χ1v) is 8.09. The molecule has 2 aromatic rings. The molecule has 0 atom stereocenters. The highest BCUT2D eigenvalue weighted by molar-refractivity contribution is 5.99. The van der Waals surface area contributed by atoms with Crippen molar-refractivity contribution in [3.05, 3.63) is 71.3 Å². The molecule has 0 spiro atoms. The van der Waals surface area contributed by atoms with Crippen LogP contribution in [0.1, 0.15) is 53.0 Å². The van der Waals surface area contributed by atoms with Crippen LogP contribution in [0, 0.1) is 0 Å². The smallest absolute Gasteiger partial charge is 0.313 e. The van der Waals surface area contributed by atoms with Gasteiger partial charge in [-0.2, -0.15) is 0 Å². The Kier molecular flexibility index (Phi) is 6.43. The van der Waals surface area contributed by atoms with Gasteiger partial charge in [0.2, 0.25) is 0 Å². The molecule has 2 rings (SSSR count). The second-order valence-electron chi connectivity index (χ2n) is 5.37. The number of nitrogens with zero attached hydrogens (tertiary/aromatic N) is 1. The van der Waals surface area contributed by atoms with E-state index in [1.165, 1.54) is 0 Å². The summed E-state index contributed by atoms with van der Waals surface area (Å²) in [5.41, 5.74) is 2.78. The van der Waals surface area contributed by atoms with Crippen LogP contribution in [-0.4, -0.2) is 17.5 Å². The molecular formula is C20H21NO3. The number of benzene rings is 2. The number of carbonyl (C=O) groups is 2. The predicted molar refractivity (Wildman–Crippen MR) is 94.4 cm³/mol. The average Bonchev–Trinajstić information content (AvgIpc) is 2.65. The van der Waals surface area contributed by atoms with Crippen LogP contribution in [-0.2, 0) is 11.3 Å². The van der Waals surface area contributed by atoms with Crippen molar-refractivity contribution >= 4 is 17.5 Å². The monoisotopic (exact) mass is 323 g/mol. The maximum Gasteiger partial charge on any atom is 0.365 e. The maximum atomic E-state index is 12.0. The van der Waals surface area contributed by atoms with Gasteiger partial charge in [-0.3, -0.25) is 4.79 Å². The van der Waals surface area contributed by atoms with Crippen LogP contribution >= 0.6 is 0 Å². The minimum Gasteiger partial charge on any atom is -0.313 e. The lowest BCUT2D eigenvalue weighted by atomic mass is 9.97. The molecule has 24 heavy (non-hydrogen) atoms. The summed E-state index contributed by atoms with van der Waals surface area (Å²) in [6, 6.07) is 16.2. The summed E-state index contributed by atoms with van der Waals surface area (Å²) in [5.74, 6) is -0.387. The Morgan fingerprint density at radius 2 is 1.58 bits per heavy atom. The Morgan fingerprint density at radius 1 is 0.917 bits per heavy atom. The van der Waals surface area contributed by atoms with E-state index in [0.29, 0.717) is 30.4 Å². The number of rotatable bonds is 7. The molecule has 0 radical (unpaired) electrons. The number of Topliss-reactive ketones (excluding diaryl/α,β-unsaturated/α-hetero) is 1. The second-order valence-corrected chi connectivity index (χ2v) is 5.37. The summed E-state index contributed by atoms with van der Waals surface area (Å²) in [4.78, 5) is 29.0. The Labute approximate surface area is 142 Å². The number of carbonyl (C=O) groups excluding carboxylic acids is 2. The van der Waals surface area contributed by atoms with Crippen LogP contribution in [0.5, 0.6) is 0 Å². The Balaban J connectivity index is 2.12. The van der Waals surface area contributed by atoms with Crippen LogP contribution in [0.15, 0.2) is 59.8 Å². The summed E-state index contributed by atoms with van der Waals surface area (Å²) in [6.07, 6.45) is 1.58. The van der Waals surface area contributed by atoms with Gasteiger partial charge in [-0.15, -0.1) is 0 Å². The van der Waals surface area contributed by atoms with Crippen molar-refractivity contribution in [2.75, 3.05) is 0 Å². The molecule has 0 fully saturated rings. The summed E-state index contributed by atoms with van der Waals surface area (Å²) in [6.45, 7) is 3.79. The van der Waals surface area contributed by atoms with Crippen LogP contribution < -0.4 is 0 Å². The largest absolute Gasteiger partial charge is 0.365 e. The van der Waals surface area contributed by atoms with E-state index >= 15 is 0 Å². The molecule has 0 unspecified atom stereocenters. The van der Waals surface area contributed by atoms with Crippen molar-refractivity contribution in [3.8, 4) is 0 Å². The molecule has 0 amide bonds. The van der Waals surface area contributed by atoms with Gasteiger partial charge in [-0.25, -0.2) is 4.79 Å².